The first kappa shape index (κ1) is 17.1. The summed E-state index contributed by atoms with van der Waals surface area (Å²) in [6.07, 6.45) is 0. The summed E-state index contributed by atoms with van der Waals surface area (Å²) in [6.45, 7) is 4.11. The van der Waals surface area contributed by atoms with Crippen molar-refractivity contribution in [2.45, 2.75) is 6.54 Å². The van der Waals surface area contributed by atoms with Gasteiger partial charge in [-0.15, -0.1) is 0 Å². The molecular formula is C18H18BrFN2O2. The fourth-order valence-corrected chi connectivity index (χ4v) is 3.00. The van der Waals surface area contributed by atoms with Crippen molar-refractivity contribution in [3.05, 3.63) is 63.9 Å². The number of rotatable bonds is 4. The van der Waals surface area contributed by atoms with Crippen molar-refractivity contribution < 1.29 is 13.9 Å². The van der Waals surface area contributed by atoms with E-state index in [0.29, 0.717) is 10.2 Å². The van der Waals surface area contributed by atoms with Gasteiger partial charge in [-0.2, -0.15) is 0 Å². The lowest BCUT2D eigenvalue weighted by molar-refractivity contribution is 0.0342. The predicted molar refractivity (Wildman–Crippen MR) is 94.6 cm³/mol. The summed E-state index contributed by atoms with van der Waals surface area (Å²) < 4.78 is 19.8. The van der Waals surface area contributed by atoms with Gasteiger partial charge in [0, 0.05) is 29.8 Å². The number of carbonyl (C=O) groups is 1. The van der Waals surface area contributed by atoms with Crippen LogP contribution >= 0.6 is 15.9 Å². The van der Waals surface area contributed by atoms with E-state index in [1.165, 1.54) is 12.1 Å². The number of nitrogens with zero attached hydrogens (tertiary/aromatic N) is 1. The molecule has 1 aliphatic rings. The second kappa shape index (κ2) is 7.88. The lowest BCUT2D eigenvalue weighted by Crippen LogP contribution is -2.35. The molecule has 0 radical (unpaired) electrons. The fraction of sp³-hybridized carbons (Fsp3) is 0.278. The van der Waals surface area contributed by atoms with Gasteiger partial charge in [0.2, 0.25) is 0 Å². The molecule has 0 saturated carbocycles. The van der Waals surface area contributed by atoms with Crippen LogP contribution in [-0.4, -0.2) is 37.1 Å². The highest BCUT2D eigenvalue weighted by Gasteiger charge is 2.14. The maximum atomic E-state index is 13.8. The van der Waals surface area contributed by atoms with Gasteiger partial charge >= 0.3 is 0 Å². The largest absolute Gasteiger partial charge is 0.379 e. The van der Waals surface area contributed by atoms with Crippen LogP contribution in [-0.2, 0) is 11.3 Å². The number of benzene rings is 2. The summed E-state index contributed by atoms with van der Waals surface area (Å²) in [7, 11) is 0. The molecule has 1 heterocycles. The minimum Gasteiger partial charge on any atom is -0.379 e. The fourth-order valence-electron chi connectivity index (χ4n) is 2.63. The summed E-state index contributed by atoms with van der Waals surface area (Å²) in [6, 6.07) is 11.9. The number of carbonyl (C=O) groups excluding carboxylic acids is 1. The number of ether oxygens (including phenoxy) is 1. The van der Waals surface area contributed by atoms with Crippen molar-refractivity contribution in [1.29, 1.82) is 0 Å². The molecule has 0 unspecified atom stereocenters. The van der Waals surface area contributed by atoms with Gasteiger partial charge < -0.3 is 10.1 Å². The minimum atomic E-state index is -0.542. The number of halogens is 2. The van der Waals surface area contributed by atoms with Crippen LogP contribution in [0.2, 0.25) is 0 Å². The molecule has 0 atom stereocenters. The average molecular weight is 393 g/mol. The molecule has 1 aliphatic heterocycles. The molecule has 4 nitrogen and oxygen atoms in total. The average Bonchev–Trinajstić information content (AvgIpc) is 2.58. The predicted octanol–water partition coefficient (Wildman–Crippen LogP) is 3.67. The highest BCUT2D eigenvalue weighted by molar-refractivity contribution is 9.10. The topological polar surface area (TPSA) is 41.6 Å². The van der Waals surface area contributed by atoms with E-state index in [-0.39, 0.29) is 5.56 Å². The Kier molecular flexibility index (Phi) is 5.60. The zero-order valence-electron chi connectivity index (χ0n) is 13.1. The van der Waals surface area contributed by atoms with Crippen LogP contribution in [0.4, 0.5) is 10.1 Å². The number of anilines is 1. The van der Waals surface area contributed by atoms with Gasteiger partial charge in [0.1, 0.15) is 5.82 Å². The quantitative estimate of drug-likeness (QED) is 0.862. The van der Waals surface area contributed by atoms with Crippen LogP contribution in [0.3, 0.4) is 0 Å². The summed E-state index contributed by atoms with van der Waals surface area (Å²) in [5.74, 6) is -1.00. The third-order valence-electron chi connectivity index (χ3n) is 3.87. The Hall–Kier alpha value is -1.76. The number of hydrogen-bond donors (Lipinski definition) is 1. The lowest BCUT2D eigenvalue weighted by Gasteiger charge is -2.26. The molecule has 0 aromatic heterocycles. The molecule has 1 fully saturated rings. The minimum absolute atomic E-state index is 0.0166. The summed E-state index contributed by atoms with van der Waals surface area (Å²) >= 11 is 3.25. The van der Waals surface area contributed by atoms with Crippen LogP contribution in [0.25, 0.3) is 0 Å². The van der Waals surface area contributed by atoms with Gasteiger partial charge in [0.25, 0.3) is 5.91 Å². The SMILES string of the molecule is O=C(Nc1cccc(CN2CCOCC2)c1)c1cc(Br)ccc1F. The van der Waals surface area contributed by atoms with Crippen molar-refractivity contribution in [2.24, 2.45) is 0 Å². The van der Waals surface area contributed by atoms with E-state index in [1.807, 2.05) is 18.2 Å². The smallest absolute Gasteiger partial charge is 0.258 e. The summed E-state index contributed by atoms with van der Waals surface area (Å²) in [5, 5.41) is 2.76. The van der Waals surface area contributed by atoms with Gasteiger partial charge in [0.05, 0.1) is 18.8 Å². The Bertz CT molecular complexity index is 733. The molecule has 24 heavy (non-hydrogen) atoms. The molecule has 0 spiro atoms. The standard InChI is InChI=1S/C18H18BrFN2O2/c19-14-4-5-17(20)16(11-14)18(23)21-15-3-1-2-13(10-15)12-22-6-8-24-9-7-22/h1-5,10-11H,6-9,12H2,(H,21,23). The molecule has 1 amide bonds. The van der Waals surface area contributed by atoms with Crippen LogP contribution in [0.5, 0.6) is 0 Å². The molecular weight excluding hydrogens is 375 g/mol. The molecule has 126 valence electrons. The Labute approximate surface area is 148 Å². The highest BCUT2D eigenvalue weighted by Crippen LogP contribution is 2.18. The van der Waals surface area contributed by atoms with Crippen LogP contribution in [0.15, 0.2) is 46.9 Å². The van der Waals surface area contributed by atoms with E-state index in [2.05, 4.69) is 26.1 Å². The zero-order valence-corrected chi connectivity index (χ0v) is 14.7. The normalized spacial score (nSPS) is 15.2. The first-order valence-electron chi connectivity index (χ1n) is 7.77. The monoisotopic (exact) mass is 392 g/mol. The van der Waals surface area contributed by atoms with Crippen LogP contribution in [0.1, 0.15) is 15.9 Å². The van der Waals surface area contributed by atoms with E-state index in [4.69, 9.17) is 4.74 Å². The summed E-state index contributed by atoms with van der Waals surface area (Å²) in [5.41, 5.74) is 1.78. The van der Waals surface area contributed by atoms with Crippen molar-refractivity contribution in [2.75, 3.05) is 31.6 Å². The van der Waals surface area contributed by atoms with Gasteiger partial charge in [-0.3, -0.25) is 9.69 Å². The second-order valence-electron chi connectivity index (χ2n) is 5.67. The van der Waals surface area contributed by atoms with Gasteiger partial charge in [-0.05, 0) is 35.9 Å². The molecule has 1 N–H and O–H groups in total. The molecule has 3 rings (SSSR count). The third kappa shape index (κ3) is 4.41. The van der Waals surface area contributed by atoms with E-state index < -0.39 is 11.7 Å². The number of nitrogens with one attached hydrogen (secondary N) is 1. The van der Waals surface area contributed by atoms with E-state index in [1.54, 1.807) is 12.1 Å². The zero-order chi connectivity index (χ0) is 16.9. The maximum absolute atomic E-state index is 13.8. The Balaban J connectivity index is 1.69. The van der Waals surface area contributed by atoms with Gasteiger partial charge in [-0.25, -0.2) is 4.39 Å². The maximum Gasteiger partial charge on any atom is 0.258 e. The van der Waals surface area contributed by atoms with E-state index in [9.17, 15) is 9.18 Å². The van der Waals surface area contributed by atoms with Crippen LogP contribution < -0.4 is 5.32 Å². The third-order valence-corrected chi connectivity index (χ3v) is 4.36. The summed E-state index contributed by atoms with van der Waals surface area (Å²) in [4.78, 5) is 14.6. The van der Waals surface area contributed by atoms with Gasteiger partial charge in [-0.1, -0.05) is 28.1 Å². The van der Waals surface area contributed by atoms with Crippen molar-refractivity contribution >= 4 is 27.5 Å². The van der Waals surface area contributed by atoms with Gasteiger partial charge in [0.15, 0.2) is 0 Å². The Morgan fingerprint density at radius 1 is 1.21 bits per heavy atom. The second-order valence-corrected chi connectivity index (χ2v) is 6.58. The van der Waals surface area contributed by atoms with Crippen LogP contribution in [0, 0.1) is 5.82 Å². The first-order valence-corrected chi connectivity index (χ1v) is 8.56. The number of amides is 1. The lowest BCUT2D eigenvalue weighted by atomic mass is 10.1. The highest BCUT2D eigenvalue weighted by atomic mass is 79.9. The molecule has 2 aromatic rings. The van der Waals surface area contributed by atoms with Crippen molar-refractivity contribution in [3.8, 4) is 0 Å². The van der Waals surface area contributed by atoms with E-state index >= 15 is 0 Å². The molecule has 2 aromatic carbocycles. The molecule has 0 aliphatic carbocycles. The van der Waals surface area contributed by atoms with Crippen molar-refractivity contribution in [1.82, 2.24) is 4.90 Å². The first-order chi connectivity index (χ1) is 11.6. The number of morpholine rings is 1. The Morgan fingerprint density at radius 3 is 2.79 bits per heavy atom. The number of hydrogen-bond acceptors (Lipinski definition) is 3. The van der Waals surface area contributed by atoms with E-state index in [0.717, 1.165) is 38.4 Å². The molecule has 0 bridgehead atoms. The molecule has 1 saturated heterocycles. The molecule has 6 heteroatoms. The Morgan fingerprint density at radius 2 is 2.00 bits per heavy atom. The van der Waals surface area contributed by atoms with Crippen molar-refractivity contribution in [3.63, 3.8) is 0 Å².